The van der Waals surface area contributed by atoms with Gasteiger partial charge in [0.25, 0.3) is 0 Å². The molecular formula is C17H20IN5O7. The second-order valence-electron chi connectivity index (χ2n) is 6.43. The molecule has 0 bridgehead atoms. The monoisotopic (exact) mass is 533 g/mol. The molecule has 30 heavy (non-hydrogen) atoms. The van der Waals surface area contributed by atoms with Crippen LogP contribution in [0.2, 0.25) is 0 Å². The van der Waals surface area contributed by atoms with Gasteiger partial charge < -0.3 is 24.3 Å². The van der Waals surface area contributed by atoms with Crippen molar-refractivity contribution in [3.63, 3.8) is 0 Å². The fourth-order valence-corrected chi connectivity index (χ4v) is 3.64. The molecule has 0 amide bonds. The highest BCUT2D eigenvalue weighted by Crippen LogP contribution is 2.36. The maximum absolute atomic E-state index is 11.8. The number of rotatable bonds is 6. The zero-order valence-corrected chi connectivity index (χ0v) is 18.8. The molecule has 4 atom stereocenters. The number of hydrogen-bond acceptors (Lipinski definition) is 11. The van der Waals surface area contributed by atoms with Crippen molar-refractivity contribution in [2.24, 2.45) is 0 Å². The topological polar surface area (TPSA) is 144 Å². The fourth-order valence-electron chi connectivity index (χ4n) is 3.17. The van der Waals surface area contributed by atoms with E-state index < -0.39 is 42.4 Å². The predicted molar refractivity (Wildman–Crippen MR) is 109 cm³/mol. The van der Waals surface area contributed by atoms with E-state index in [2.05, 4.69) is 20.3 Å². The standard InChI is InChI=1S/C17H20IN5O7/c1-7(24)27-5-10-12(28-8(2)25)13(29-9(3)26)16(30-10)23-6-20-11-14(19-4)21-17(18)22-15(11)23/h6,10,12-13,16H,5H2,1-4H3,(H,19,21,22)/t10-,12-,13-,16?/m1/s1. The molecule has 1 fully saturated rings. The number of imidazole rings is 1. The number of anilines is 1. The molecule has 0 saturated carbocycles. The second-order valence-corrected chi connectivity index (χ2v) is 7.40. The summed E-state index contributed by atoms with van der Waals surface area (Å²) < 4.78 is 23.9. The SMILES string of the molecule is CNc1nc(I)nc2c1ncn2C1O[C@H](COC(C)=O)[C@@H](OC(C)=O)[C@H]1OC(C)=O. The average Bonchev–Trinajstić information content (AvgIpc) is 3.20. The maximum Gasteiger partial charge on any atom is 0.303 e. The number of esters is 3. The first-order valence-electron chi connectivity index (χ1n) is 8.92. The number of hydrogen-bond donors (Lipinski definition) is 1. The molecule has 1 N–H and O–H groups in total. The summed E-state index contributed by atoms with van der Waals surface area (Å²) in [5.74, 6) is -1.21. The Hall–Kier alpha value is -2.55. The highest BCUT2D eigenvalue weighted by molar-refractivity contribution is 14.1. The van der Waals surface area contributed by atoms with Crippen molar-refractivity contribution < 1.29 is 33.3 Å². The van der Waals surface area contributed by atoms with Gasteiger partial charge in [-0.15, -0.1) is 0 Å². The maximum atomic E-state index is 11.8. The van der Waals surface area contributed by atoms with Gasteiger partial charge in [0.1, 0.15) is 12.7 Å². The summed E-state index contributed by atoms with van der Waals surface area (Å²) in [5.41, 5.74) is 0.908. The number of carbonyl (C=O) groups excluding carboxylic acids is 3. The molecule has 1 aliphatic rings. The normalized spacial score (nSPS) is 23.2. The highest BCUT2D eigenvalue weighted by Gasteiger charge is 2.51. The van der Waals surface area contributed by atoms with Gasteiger partial charge in [0, 0.05) is 50.4 Å². The quantitative estimate of drug-likeness (QED) is 0.244. The molecule has 1 unspecified atom stereocenters. The lowest BCUT2D eigenvalue weighted by atomic mass is 10.1. The van der Waals surface area contributed by atoms with Crippen LogP contribution in [0.25, 0.3) is 11.2 Å². The molecule has 0 aliphatic carbocycles. The summed E-state index contributed by atoms with van der Waals surface area (Å²) >= 11 is 1.97. The minimum Gasteiger partial charge on any atom is -0.463 e. The molecule has 0 spiro atoms. The molecule has 2 aromatic heterocycles. The van der Waals surface area contributed by atoms with Crippen LogP contribution in [0, 0.1) is 3.83 Å². The van der Waals surface area contributed by atoms with Crippen molar-refractivity contribution in [1.29, 1.82) is 0 Å². The van der Waals surface area contributed by atoms with Gasteiger partial charge in [0.15, 0.2) is 39.2 Å². The van der Waals surface area contributed by atoms with E-state index in [0.717, 1.165) is 0 Å². The lowest BCUT2D eigenvalue weighted by Crippen LogP contribution is -2.40. The van der Waals surface area contributed by atoms with Crippen LogP contribution in [0.5, 0.6) is 0 Å². The van der Waals surface area contributed by atoms with Gasteiger partial charge in [-0.05, 0) is 0 Å². The fraction of sp³-hybridized carbons (Fsp3) is 0.529. The van der Waals surface area contributed by atoms with Crippen molar-refractivity contribution in [2.75, 3.05) is 19.0 Å². The predicted octanol–water partition coefficient (Wildman–Crippen LogP) is 0.796. The summed E-state index contributed by atoms with van der Waals surface area (Å²) in [6, 6.07) is 0. The lowest BCUT2D eigenvalue weighted by Gasteiger charge is -2.23. The van der Waals surface area contributed by atoms with Crippen molar-refractivity contribution in [3.05, 3.63) is 10.2 Å². The minimum atomic E-state index is -1.02. The number of nitrogens with zero attached hydrogens (tertiary/aromatic N) is 4. The van der Waals surface area contributed by atoms with E-state index in [1.54, 1.807) is 11.6 Å². The highest BCUT2D eigenvalue weighted by atomic mass is 127. The Morgan fingerprint density at radius 1 is 1.13 bits per heavy atom. The van der Waals surface area contributed by atoms with Gasteiger partial charge in [-0.25, -0.2) is 15.0 Å². The summed E-state index contributed by atoms with van der Waals surface area (Å²) in [5, 5.41) is 2.95. The molecule has 2 aromatic rings. The molecule has 1 aliphatic heterocycles. The average molecular weight is 533 g/mol. The van der Waals surface area contributed by atoms with Crippen LogP contribution in [0.15, 0.2) is 6.33 Å². The van der Waals surface area contributed by atoms with Crippen molar-refractivity contribution in [1.82, 2.24) is 19.5 Å². The van der Waals surface area contributed by atoms with Crippen LogP contribution in [0.1, 0.15) is 27.0 Å². The second kappa shape index (κ2) is 9.07. The Morgan fingerprint density at radius 3 is 2.40 bits per heavy atom. The molecule has 0 radical (unpaired) electrons. The third-order valence-corrected chi connectivity index (χ3v) is 4.73. The van der Waals surface area contributed by atoms with Gasteiger partial charge in [-0.1, -0.05) is 0 Å². The van der Waals surface area contributed by atoms with E-state index in [9.17, 15) is 14.4 Å². The first-order chi connectivity index (χ1) is 14.2. The van der Waals surface area contributed by atoms with Gasteiger partial charge in [-0.3, -0.25) is 19.0 Å². The van der Waals surface area contributed by atoms with Crippen LogP contribution in [0.3, 0.4) is 0 Å². The molecule has 12 nitrogen and oxygen atoms in total. The van der Waals surface area contributed by atoms with Gasteiger partial charge in [-0.2, -0.15) is 0 Å². The van der Waals surface area contributed by atoms with Crippen LogP contribution in [-0.4, -0.2) is 69.4 Å². The number of halogens is 1. The van der Waals surface area contributed by atoms with Crippen LogP contribution in [0.4, 0.5) is 5.82 Å². The molecule has 0 aromatic carbocycles. The minimum absolute atomic E-state index is 0.192. The first kappa shape index (κ1) is 22.1. The van der Waals surface area contributed by atoms with Gasteiger partial charge in [0.2, 0.25) is 0 Å². The van der Waals surface area contributed by atoms with Crippen LogP contribution in [-0.2, 0) is 33.3 Å². The van der Waals surface area contributed by atoms with E-state index in [4.69, 9.17) is 18.9 Å². The zero-order valence-electron chi connectivity index (χ0n) is 16.6. The number of carbonyl (C=O) groups is 3. The number of ether oxygens (including phenoxy) is 4. The molecular weight excluding hydrogens is 513 g/mol. The van der Waals surface area contributed by atoms with E-state index in [-0.39, 0.29) is 6.61 Å². The largest absolute Gasteiger partial charge is 0.463 e. The third-order valence-electron chi connectivity index (χ3n) is 4.25. The Balaban J connectivity index is 2.05. The Morgan fingerprint density at radius 2 is 1.80 bits per heavy atom. The van der Waals surface area contributed by atoms with Crippen molar-refractivity contribution in [2.45, 2.75) is 45.3 Å². The zero-order chi connectivity index (χ0) is 22.0. The smallest absolute Gasteiger partial charge is 0.303 e. The van der Waals surface area contributed by atoms with E-state index in [0.29, 0.717) is 20.8 Å². The lowest BCUT2D eigenvalue weighted by molar-refractivity contribution is -0.166. The summed E-state index contributed by atoms with van der Waals surface area (Å²) in [6.45, 7) is 3.51. The number of aromatic nitrogens is 4. The van der Waals surface area contributed by atoms with Crippen molar-refractivity contribution in [3.8, 4) is 0 Å². The van der Waals surface area contributed by atoms with Crippen LogP contribution >= 0.6 is 22.6 Å². The molecule has 3 rings (SSSR count). The summed E-state index contributed by atoms with van der Waals surface area (Å²) in [6.07, 6.45) is -2.35. The van der Waals surface area contributed by atoms with Gasteiger partial charge >= 0.3 is 17.9 Å². The van der Waals surface area contributed by atoms with Gasteiger partial charge in [0.05, 0.1) is 6.33 Å². The Bertz CT molecular complexity index is 981. The van der Waals surface area contributed by atoms with E-state index in [1.165, 1.54) is 27.1 Å². The van der Waals surface area contributed by atoms with E-state index >= 15 is 0 Å². The molecule has 13 heteroatoms. The van der Waals surface area contributed by atoms with Crippen LogP contribution < -0.4 is 5.32 Å². The molecule has 1 saturated heterocycles. The number of nitrogens with one attached hydrogen (secondary N) is 1. The summed E-state index contributed by atoms with van der Waals surface area (Å²) in [4.78, 5) is 47.7. The molecule has 162 valence electrons. The first-order valence-corrected chi connectivity index (χ1v) is 10.00. The summed E-state index contributed by atoms with van der Waals surface area (Å²) in [7, 11) is 1.70. The third kappa shape index (κ3) is 4.61. The van der Waals surface area contributed by atoms with E-state index in [1.807, 2.05) is 22.6 Å². The number of fused-ring (bicyclic) bond motifs is 1. The Labute approximate surface area is 184 Å². The molecule has 3 heterocycles. The Kier molecular flexibility index (Phi) is 6.70. The van der Waals surface area contributed by atoms with Crippen molar-refractivity contribution >= 4 is 57.5 Å².